The normalized spacial score (nSPS) is 11.2. The van der Waals surface area contributed by atoms with Gasteiger partial charge in [-0.3, -0.25) is 4.79 Å². The zero-order valence-electron chi connectivity index (χ0n) is 19.3. The molecule has 2 rings (SSSR count). The summed E-state index contributed by atoms with van der Waals surface area (Å²) in [6, 6.07) is 8.33. The van der Waals surface area contributed by atoms with Crippen LogP contribution in [-0.4, -0.2) is 17.4 Å². The molecule has 0 saturated heterocycles. The van der Waals surface area contributed by atoms with Crippen LogP contribution in [-0.2, 0) is 11.2 Å². The van der Waals surface area contributed by atoms with Gasteiger partial charge in [0.25, 0.3) is 0 Å². The highest BCUT2D eigenvalue weighted by Crippen LogP contribution is 2.18. The number of fused-ring (bicyclic) bond motifs is 1. The van der Waals surface area contributed by atoms with Crippen molar-refractivity contribution in [3.63, 3.8) is 0 Å². The fraction of sp³-hybridized carbons (Fsp3) is 0.667. The Balaban J connectivity index is 1.36. The standard InChI is InChI=1S/C27H44N2O/c1-2-3-4-5-6-7-8-9-10-11-12-13-14-15-20-27(30)28-22-21-24-23-29-26-19-17-16-18-25(24)26/h16-19,23,29H,2-15,20-22H2,1H3,(H,28,30). The number of hydrogen-bond acceptors (Lipinski definition) is 1. The lowest BCUT2D eigenvalue weighted by Gasteiger charge is -2.05. The third kappa shape index (κ3) is 10.3. The van der Waals surface area contributed by atoms with E-state index in [4.69, 9.17) is 0 Å². The molecule has 1 aromatic carbocycles. The monoisotopic (exact) mass is 412 g/mol. The van der Waals surface area contributed by atoms with Crippen LogP contribution in [0.4, 0.5) is 0 Å². The van der Waals surface area contributed by atoms with Gasteiger partial charge in [-0.05, 0) is 24.5 Å². The Morgan fingerprint density at radius 2 is 1.37 bits per heavy atom. The molecule has 168 valence electrons. The number of amides is 1. The van der Waals surface area contributed by atoms with Crippen LogP contribution < -0.4 is 5.32 Å². The second-order valence-corrected chi connectivity index (χ2v) is 8.81. The lowest BCUT2D eigenvalue weighted by atomic mass is 10.0. The van der Waals surface area contributed by atoms with E-state index in [9.17, 15) is 4.79 Å². The third-order valence-corrected chi connectivity index (χ3v) is 6.15. The number of hydrogen-bond donors (Lipinski definition) is 2. The van der Waals surface area contributed by atoms with Gasteiger partial charge >= 0.3 is 0 Å². The fourth-order valence-electron chi connectivity index (χ4n) is 4.24. The van der Waals surface area contributed by atoms with Crippen molar-refractivity contribution < 1.29 is 4.79 Å². The zero-order chi connectivity index (χ0) is 21.3. The first-order valence-electron chi connectivity index (χ1n) is 12.6. The zero-order valence-corrected chi connectivity index (χ0v) is 19.3. The van der Waals surface area contributed by atoms with Crippen molar-refractivity contribution in [1.82, 2.24) is 10.3 Å². The van der Waals surface area contributed by atoms with E-state index >= 15 is 0 Å². The molecule has 0 aliphatic rings. The number of rotatable bonds is 18. The molecule has 3 heteroatoms. The van der Waals surface area contributed by atoms with Crippen LogP contribution in [0.3, 0.4) is 0 Å². The second kappa shape index (κ2) is 16.0. The molecule has 0 aliphatic carbocycles. The number of para-hydroxylation sites is 1. The van der Waals surface area contributed by atoms with Crippen LogP contribution in [0.2, 0.25) is 0 Å². The molecule has 0 saturated carbocycles. The number of nitrogens with one attached hydrogen (secondary N) is 2. The molecule has 2 N–H and O–H groups in total. The number of H-pyrrole nitrogens is 1. The van der Waals surface area contributed by atoms with Crippen LogP contribution >= 0.6 is 0 Å². The minimum absolute atomic E-state index is 0.203. The fourth-order valence-corrected chi connectivity index (χ4v) is 4.24. The highest BCUT2D eigenvalue weighted by Gasteiger charge is 2.04. The van der Waals surface area contributed by atoms with Gasteiger partial charge in [0, 0.05) is 30.1 Å². The SMILES string of the molecule is CCCCCCCCCCCCCCCCC(=O)NCCc1c[nH]c2ccccc12. The minimum atomic E-state index is 0.203. The van der Waals surface area contributed by atoms with Gasteiger partial charge in [0.2, 0.25) is 5.91 Å². The largest absolute Gasteiger partial charge is 0.361 e. The van der Waals surface area contributed by atoms with Crippen molar-refractivity contribution in [2.24, 2.45) is 0 Å². The summed E-state index contributed by atoms with van der Waals surface area (Å²) in [5, 5.41) is 4.34. The number of unbranched alkanes of at least 4 members (excludes halogenated alkanes) is 13. The molecule has 0 fully saturated rings. The van der Waals surface area contributed by atoms with Gasteiger partial charge in [0.15, 0.2) is 0 Å². The van der Waals surface area contributed by atoms with Gasteiger partial charge in [-0.1, -0.05) is 109 Å². The maximum Gasteiger partial charge on any atom is 0.220 e. The number of aromatic nitrogens is 1. The second-order valence-electron chi connectivity index (χ2n) is 8.81. The van der Waals surface area contributed by atoms with Crippen molar-refractivity contribution in [2.45, 2.75) is 110 Å². The maximum absolute atomic E-state index is 12.0. The van der Waals surface area contributed by atoms with Crippen LogP contribution in [0.25, 0.3) is 10.9 Å². The predicted molar refractivity (Wildman–Crippen MR) is 130 cm³/mol. The molecule has 1 aromatic heterocycles. The number of carbonyl (C=O) groups is 1. The summed E-state index contributed by atoms with van der Waals surface area (Å²) in [4.78, 5) is 15.3. The van der Waals surface area contributed by atoms with Gasteiger partial charge in [0.1, 0.15) is 0 Å². The van der Waals surface area contributed by atoms with E-state index in [0.717, 1.165) is 19.4 Å². The number of aromatic amines is 1. The van der Waals surface area contributed by atoms with Gasteiger partial charge in [-0.2, -0.15) is 0 Å². The molecule has 1 heterocycles. The lowest BCUT2D eigenvalue weighted by Crippen LogP contribution is -2.25. The van der Waals surface area contributed by atoms with Gasteiger partial charge in [-0.15, -0.1) is 0 Å². The van der Waals surface area contributed by atoms with E-state index in [1.54, 1.807) is 0 Å². The van der Waals surface area contributed by atoms with E-state index < -0.39 is 0 Å². The molecule has 2 aromatic rings. The van der Waals surface area contributed by atoms with E-state index in [0.29, 0.717) is 6.42 Å². The number of benzene rings is 1. The highest BCUT2D eigenvalue weighted by atomic mass is 16.1. The molecule has 0 atom stereocenters. The first-order chi connectivity index (χ1) is 14.8. The molecule has 0 aliphatic heterocycles. The first kappa shape index (κ1) is 24.5. The average molecular weight is 413 g/mol. The van der Waals surface area contributed by atoms with Crippen molar-refractivity contribution in [2.75, 3.05) is 6.54 Å². The highest BCUT2D eigenvalue weighted by molar-refractivity contribution is 5.83. The Bertz CT molecular complexity index is 691. The Hall–Kier alpha value is -1.77. The Kier molecular flexibility index (Phi) is 13.1. The van der Waals surface area contributed by atoms with Crippen molar-refractivity contribution in [1.29, 1.82) is 0 Å². The van der Waals surface area contributed by atoms with Crippen LogP contribution in [0, 0.1) is 0 Å². The molecule has 1 amide bonds. The smallest absolute Gasteiger partial charge is 0.220 e. The quantitative estimate of drug-likeness (QED) is 0.242. The average Bonchev–Trinajstić information content (AvgIpc) is 3.17. The maximum atomic E-state index is 12.0. The van der Waals surface area contributed by atoms with Crippen molar-refractivity contribution in [3.05, 3.63) is 36.0 Å². The molecule has 0 bridgehead atoms. The van der Waals surface area contributed by atoms with Gasteiger partial charge < -0.3 is 10.3 Å². The summed E-state index contributed by atoms with van der Waals surface area (Å²) in [5.41, 5.74) is 2.45. The topological polar surface area (TPSA) is 44.9 Å². The lowest BCUT2D eigenvalue weighted by molar-refractivity contribution is -0.121. The Morgan fingerprint density at radius 3 is 2.00 bits per heavy atom. The summed E-state index contributed by atoms with van der Waals surface area (Å²) < 4.78 is 0. The van der Waals surface area contributed by atoms with E-state index in [-0.39, 0.29) is 5.91 Å². The van der Waals surface area contributed by atoms with Crippen molar-refractivity contribution >= 4 is 16.8 Å². The minimum Gasteiger partial charge on any atom is -0.361 e. The summed E-state index contributed by atoms with van der Waals surface area (Å²) in [6.45, 7) is 3.00. The number of carbonyl (C=O) groups excluding carboxylic acids is 1. The van der Waals surface area contributed by atoms with Gasteiger partial charge in [-0.25, -0.2) is 0 Å². The van der Waals surface area contributed by atoms with E-state index in [1.165, 1.54) is 99.9 Å². The molecular weight excluding hydrogens is 368 g/mol. The molecule has 3 nitrogen and oxygen atoms in total. The molecule has 0 radical (unpaired) electrons. The molecule has 0 spiro atoms. The van der Waals surface area contributed by atoms with Crippen LogP contribution in [0.5, 0.6) is 0 Å². The third-order valence-electron chi connectivity index (χ3n) is 6.15. The molecule has 0 unspecified atom stereocenters. The summed E-state index contributed by atoms with van der Waals surface area (Å²) in [5.74, 6) is 0.203. The summed E-state index contributed by atoms with van der Waals surface area (Å²) in [7, 11) is 0. The Labute approximate surface area is 184 Å². The van der Waals surface area contributed by atoms with E-state index in [1.807, 2.05) is 6.07 Å². The molecular formula is C27H44N2O. The molecule has 30 heavy (non-hydrogen) atoms. The van der Waals surface area contributed by atoms with E-state index in [2.05, 4.69) is 41.6 Å². The Morgan fingerprint density at radius 1 is 0.800 bits per heavy atom. The predicted octanol–water partition coefficient (Wildman–Crippen LogP) is 7.70. The van der Waals surface area contributed by atoms with Crippen molar-refractivity contribution in [3.8, 4) is 0 Å². The van der Waals surface area contributed by atoms with Crippen LogP contribution in [0.1, 0.15) is 109 Å². The van der Waals surface area contributed by atoms with Gasteiger partial charge in [0.05, 0.1) is 0 Å². The van der Waals surface area contributed by atoms with Crippen LogP contribution in [0.15, 0.2) is 30.5 Å². The summed E-state index contributed by atoms with van der Waals surface area (Å²) in [6.07, 6.45) is 22.5. The first-order valence-corrected chi connectivity index (χ1v) is 12.6. The summed E-state index contributed by atoms with van der Waals surface area (Å²) >= 11 is 0.